The zero-order valence-corrected chi connectivity index (χ0v) is 12.4. The lowest BCUT2D eigenvalue weighted by atomic mass is 10.3. The van der Waals surface area contributed by atoms with Gasteiger partial charge in [0, 0.05) is 5.69 Å². The second-order valence-electron chi connectivity index (χ2n) is 4.04. The van der Waals surface area contributed by atoms with E-state index in [1.807, 2.05) is 6.92 Å². The lowest BCUT2D eigenvalue weighted by Gasteiger charge is -2.11. The Morgan fingerprint density at radius 3 is 2.75 bits per heavy atom. The van der Waals surface area contributed by atoms with Crippen molar-refractivity contribution >= 4 is 40.4 Å². The van der Waals surface area contributed by atoms with Gasteiger partial charge < -0.3 is 15.8 Å². The smallest absolute Gasteiger partial charge is 0.242 e. The molecule has 0 aliphatic rings. The first-order chi connectivity index (χ1) is 9.61. The molecule has 0 amide bonds. The van der Waals surface area contributed by atoms with E-state index in [-0.39, 0.29) is 0 Å². The highest BCUT2D eigenvalue weighted by Gasteiger charge is 2.10. The number of nitrogens with two attached hydrogens (primary N) is 1. The van der Waals surface area contributed by atoms with E-state index in [4.69, 9.17) is 33.7 Å². The summed E-state index contributed by atoms with van der Waals surface area (Å²) in [7, 11) is 0. The highest BCUT2D eigenvalue weighted by molar-refractivity contribution is 6.42. The fourth-order valence-corrected chi connectivity index (χ4v) is 1.80. The van der Waals surface area contributed by atoms with Gasteiger partial charge in [-0.15, -0.1) is 0 Å². The van der Waals surface area contributed by atoms with Crippen LogP contribution < -0.4 is 15.8 Å². The number of hydrogen-bond donors (Lipinski definition) is 2. The molecule has 106 valence electrons. The van der Waals surface area contributed by atoms with Crippen molar-refractivity contribution < 1.29 is 4.74 Å². The number of halogens is 2. The van der Waals surface area contributed by atoms with E-state index in [1.165, 1.54) is 6.33 Å². The van der Waals surface area contributed by atoms with Gasteiger partial charge in [-0.1, -0.05) is 30.1 Å². The van der Waals surface area contributed by atoms with Crippen molar-refractivity contribution in [3.05, 3.63) is 34.6 Å². The van der Waals surface area contributed by atoms with Gasteiger partial charge in [0.2, 0.25) is 5.88 Å². The molecule has 1 aromatic heterocycles. The maximum absolute atomic E-state index is 5.97. The second kappa shape index (κ2) is 6.63. The third-order valence-electron chi connectivity index (χ3n) is 2.47. The van der Waals surface area contributed by atoms with Crippen molar-refractivity contribution in [1.29, 1.82) is 0 Å². The molecule has 3 N–H and O–H groups in total. The van der Waals surface area contributed by atoms with E-state index >= 15 is 0 Å². The summed E-state index contributed by atoms with van der Waals surface area (Å²) < 4.78 is 5.44. The normalized spacial score (nSPS) is 10.3. The van der Waals surface area contributed by atoms with Crippen LogP contribution in [0.5, 0.6) is 5.88 Å². The van der Waals surface area contributed by atoms with E-state index in [0.29, 0.717) is 34.0 Å². The molecule has 20 heavy (non-hydrogen) atoms. The van der Waals surface area contributed by atoms with Gasteiger partial charge in [-0.3, -0.25) is 0 Å². The van der Waals surface area contributed by atoms with Gasteiger partial charge in [0.1, 0.15) is 12.0 Å². The molecule has 0 spiro atoms. The molecular formula is C13H14Cl2N4O. The lowest BCUT2D eigenvalue weighted by molar-refractivity contribution is 0.307. The summed E-state index contributed by atoms with van der Waals surface area (Å²) >= 11 is 11.8. The molecule has 0 saturated heterocycles. The molecule has 0 aliphatic carbocycles. The second-order valence-corrected chi connectivity index (χ2v) is 4.86. The molecule has 2 rings (SSSR count). The maximum Gasteiger partial charge on any atom is 0.242 e. The quantitative estimate of drug-likeness (QED) is 0.876. The highest BCUT2D eigenvalue weighted by atomic mass is 35.5. The van der Waals surface area contributed by atoms with Gasteiger partial charge in [-0.2, -0.15) is 4.98 Å². The van der Waals surface area contributed by atoms with E-state index < -0.39 is 0 Å². The lowest BCUT2D eigenvalue weighted by Crippen LogP contribution is -2.05. The van der Waals surface area contributed by atoms with E-state index in [0.717, 1.165) is 12.1 Å². The predicted octanol–water partition coefficient (Wildman–Crippen LogP) is 3.90. The predicted molar refractivity (Wildman–Crippen MR) is 82.0 cm³/mol. The maximum atomic E-state index is 5.97. The van der Waals surface area contributed by atoms with Crippen LogP contribution in [0, 0.1) is 0 Å². The van der Waals surface area contributed by atoms with E-state index in [9.17, 15) is 0 Å². The molecule has 7 heteroatoms. The number of nitrogens with one attached hydrogen (secondary N) is 1. The topological polar surface area (TPSA) is 73.1 Å². The number of hydrogen-bond acceptors (Lipinski definition) is 5. The summed E-state index contributed by atoms with van der Waals surface area (Å²) in [4.78, 5) is 8.10. The molecule has 0 bridgehead atoms. The minimum absolute atomic E-state index is 0.354. The summed E-state index contributed by atoms with van der Waals surface area (Å²) in [5, 5.41) is 3.99. The first-order valence-electron chi connectivity index (χ1n) is 6.07. The molecule has 0 saturated carbocycles. The van der Waals surface area contributed by atoms with Gasteiger partial charge in [0.25, 0.3) is 0 Å². The molecule has 0 fully saturated rings. The Labute approximate surface area is 127 Å². The first kappa shape index (κ1) is 14.7. The van der Waals surface area contributed by atoms with Gasteiger partial charge in [0.15, 0.2) is 5.82 Å². The van der Waals surface area contributed by atoms with Crippen LogP contribution in [0.15, 0.2) is 24.5 Å². The highest BCUT2D eigenvalue weighted by Crippen LogP contribution is 2.30. The summed E-state index contributed by atoms with van der Waals surface area (Å²) in [5.74, 6) is 0.828. The number of rotatable bonds is 5. The fourth-order valence-electron chi connectivity index (χ4n) is 1.50. The van der Waals surface area contributed by atoms with E-state index in [2.05, 4.69) is 15.3 Å². The number of nitrogens with zero attached hydrogens (tertiary/aromatic N) is 2. The molecule has 0 aliphatic heterocycles. The Morgan fingerprint density at radius 1 is 1.25 bits per heavy atom. The standard InChI is InChI=1S/C13H14Cl2N4O/c1-2-5-20-13-11(16)12(17-7-18-13)19-8-3-4-9(14)10(15)6-8/h3-4,6-7H,2,5,16H2,1H3,(H,17,18,19). The Balaban J connectivity index is 2.22. The summed E-state index contributed by atoms with van der Waals surface area (Å²) in [6.07, 6.45) is 2.26. The SMILES string of the molecule is CCCOc1ncnc(Nc2ccc(Cl)c(Cl)c2)c1N. The first-order valence-corrected chi connectivity index (χ1v) is 6.82. The number of nitrogen functional groups attached to an aromatic ring is 1. The van der Waals surface area contributed by atoms with Crippen molar-refractivity contribution in [3.63, 3.8) is 0 Å². The molecule has 0 radical (unpaired) electrons. The van der Waals surface area contributed by atoms with Crippen LogP contribution in [0.25, 0.3) is 0 Å². The van der Waals surface area contributed by atoms with Crippen molar-refractivity contribution in [2.24, 2.45) is 0 Å². The monoisotopic (exact) mass is 312 g/mol. The van der Waals surface area contributed by atoms with Gasteiger partial charge in [0.05, 0.1) is 16.7 Å². The van der Waals surface area contributed by atoms with Crippen LogP contribution in [0.2, 0.25) is 10.0 Å². The van der Waals surface area contributed by atoms with Crippen LogP contribution in [0.4, 0.5) is 17.2 Å². The molecule has 0 unspecified atom stereocenters. The molecular weight excluding hydrogens is 299 g/mol. The Morgan fingerprint density at radius 2 is 2.05 bits per heavy atom. The Kier molecular flexibility index (Phi) is 4.87. The minimum atomic E-state index is 0.354. The Hall–Kier alpha value is -1.72. The van der Waals surface area contributed by atoms with Crippen LogP contribution in [-0.2, 0) is 0 Å². The molecule has 1 aromatic carbocycles. The zero-order valence-electron chi connectivity index (χ0n) is 10.9. The van der Waals surface area contributed by atoms with Crippen molar-refractivity contribution in [2.45, 2.75) is 13.3 Å². The van der Waals surface area contributed by atoms with Crippen LogP contribution >= 0.6 is 23.2 Å². The van der Waals surface area contributed by atoms with E-state index in [1.54, 1.807) is 18.2 Å². The largest absolute Gasteiger partial charge is 0.476 e. The van der Waals surface area contributed by atoms with Crippen LogP contribution in [0.3, 0.4) is 0 Å². The summed E-state index contributed by atoms with van der Waals surface area (Å²) in [6.45, 7) is 2.56. The number of ether oxygens (including phenoxy) is 1. The summed E-state index contributed by atoms with van der Waals surface area (Å²) in [6, 6.07) is 5.17. The van der Waals surface area contributed by atoms with Crippen LogP contribution in [0.1, 0.15) is 13.3 Å². The van der Waals surface area contributed by atoms with Crippen LogP contribution in [-0.4, -0.2) is 16.6 Å². The number of benzene rings is 1. The minimum Gasteiger partial charge on any atom is -0.476 e. The molecule has 2 aromatic rings. The third-order valence-corrected chi connectivity index (χ3v) is 3.21. The van der Waals surface area contributed by atoms with Gasteiger partial charge in [-0.25, -0.2) is 4.98 Å². The van der Waals surface area contributed by atoms with Crippen molar-refractivity contribution in [2.75, 3.05) is 17.7 Å². The van der Waals surface area contributed by atoms with Crippen molar-refractivity contribution in [1.82, 2.24) is 9.97 Å². The number of anilines is 3. The van der Waals surface area contributed by atoms with Gasteiger partial charge in [-0.05, 0) is 24.6 Å². The Bertz CT molecular complexity index is 607. The molecule has 1 heterocycles. The average molecular weight is 313 g/mol. The third kappa shape index (κ3) is 3.43. The fraction of sp³-hybridized carbons (Fsp3) is 0.231. The average Bonchev–Trinajstić information content (AvgIpc) is 2.44. The molecule has 5 nitrogen and oxygen atoms in total. The molecule has 0 atom stereocenters. The summed E-state index contributed by atoms with van der Waals surface area (Å²) in [5.41, 5.74) is 7.05. The van der Waals surface area contributed by atoms with Crippen molar-refractivity contribution in [3.8, 4) is 5.88 Å². The zero-order chi connectivity index (χ0) is 14.5. The van der Waals surface area contributed by atoms with Gasteiger partial charge >= 0.3 is 0 Å². The number of aromatic nitrogens is 2.